The number of rotatable bonds is 3. The predicted octanol–water partition coefficient (Wildman–Crippen LogP) is 2.71. The lowest BCUT2D eigenvalue weighted by molar-refractivity contribution is -0.121. The second-order valence-corrected chi connectivity index (χ2v) is 7.04. The van der Waals surface area contributed by atoms with Crippen LogP contribution in [0.3, 0.4) is 0 Å². The van der Waals surface area contributed by atoms with E-state index in [1.165, 1.54) is 6.08 Å². The summed E-state index contributed by atoms with van der Waals surface area (Å²) in [5.74, 6) is -0.501. The van der Waals surface area contributed by atoms with Crippen LogP contribution < -0.4 is 0 Å². The molecule has 112 valence electrons. The Morgan fingerprint density at radius 3 is 2.23 bits per heavy atom. The van der Waals surface area contributed by atoms with Crippen LogP contribution in [0.5, 0.6) is 0 Å². The Bertz CT molecular complexity index is 837. The lowest BCUT2D eigenvalue weighted by Crippen LogP contribution is -2.30. The van der Waals surface area contributed by atoms with Crippen LogP contribution in [0.25, 0.3) is 4.91 Å². The summed E-state index contributed by atoms with van der Waals surface area (Å²) in [4.78, 5) is 12.2. The number of carbonyl (C=O) groups is 1. The molecule has 0 unspecified atom stereocenters. The number of sulfonamides is 1. The van der Waals surface area contributed by atoms with Gasteiger partial charge in [-0.15, -0.1) is 0 Å². The monoisotopic (exact) mass is 313 g/mol. The molecular formula is C17H15NO3S. The maximum Gasteiger partial charge on any atom is 0.267 e. The van der Waals surface area contributed by atoms with Crippen LogP contribution >= 0.6 is 0 Å². The van der Waals surface area contributed by atoms with E-state index in [-0.39, 0.29) is 11.4 Å². The van der Waals surface area contributed by atoms with Gasteiger partial charge < -0.3 is 0 Å². The van der Waals surface area contributed by atoms with Gasteiger partial charge in [-0.3, -0.25) is 4.79 Å². The molecule has 0 spiro atoms. The van der Waals surface area contributed by atoms with Crippen molar-refractivity contribution in [2.75, 3.05) is 0 Å². The maximum atomic E-state index is 12.6. The summed E-state index contributed by atoms with van der Waals surface area (Å²) < 4.78 is 26.1. The van der Waals surface area contributed by atoms with Crippen LogP contribution in [0.4, 0.5) is 0 Å². The van der Waals surface area contributed by atoms with Crippen LogP contribution in [0, 0.1) is 6.92 Å². The highest BCUT2D eigenvalue weighted by molar-refractivity contribution is 7.99. The molecule has 0 saturated carbocycles. The first-order chi connectivity index (χ1) is 10.5. The average molecular weight is 313 g/mol. The van der Waals surface area contributed by atoms with Gasteiger partial charge in [0.15, 0.2) is 0 Å². The Morgan fingerprint density at radius 1 is 0.955 bits per heavy atom. The van der Waals surface area contributed by atoms with E-state index in [4.69, 9.17) is 0 Å². The molecule has 4 nitrogen and oxygen atoms in total. The van der Waals surface area contributed by atoms with Gasteiger partial charge in [-0.2, -0.15) is 0 Å². The van der Waals surface area contributed by atoms with Gasteiger partial charge in [0.2, 0.25) is 0 Å². The summed E-state index contributed by atoms with van der Waals surface area (Å²) in [5.41, 5.74) is 2.40. The van der Waals surface area contributed by atoms with Crippen LogP contribution in [0.2, 0.25) is 0 Å². The van der Waals surface area contributed by atoms with Gasteiger partial charge in [-0.05, 0) is 18.1 Å². The van der Waals surface area contributed by atoms with Gasteiger partial charge in [-0.25, -0.2) is 12.7 Å². The van der Waals surface area contributed by atoms with Crippen molar-refractivity contribution in [2.45, 2.75) is 13.5 Å². The van der Waals surface area contributed by atoms with Gasteiger partial charge in [0.25, 0.3) is 15.9 Å². The van der Waals surface area contributed by atoms with Gasteiger partial charge >= 0.3 is 0 Å². The van der Waals surface area contributed by atoms with Crippen LogP contribution in [0.1, 0.15) is 16.7 Å². The number of carbonyl (C=O) groups excluding carboxylic acids is 1. The van der Waals surface area contributed by atoms with E-state index in [0.717, 1.165) is 15.4 Å². The van der Waals surface area contributed by atoms with E-state index < -0.39 is 15.9 Å². The fraction of sp³-hybridized carbons (Fsp3) is 0.118. The number of hydrogen-bond acceptors (Lipinski definition) is 3. The summed E-state index contributed by atoms with van der Waals surface area (Å²) in [6, 6.07) is 16.1. The normalized spacial score (nSPS) is 16.7. The standard InChI is InChI=1S/C17H15NO3S/c1-13-7-9-14(10-8-13)12-18-17(19)11-16(22(18,20)21)15-5-3-2-4-6-15/h2-11H,12H2,1H3. The van der Waals surface area contributed by atoms with Gasteiger partial charge in [-0.1, -0.05) is 60.2 Å². The first-order valence-electron chi connectivity index (χ1n) is 6.88. The third kappa shape index (κ3) is 2.55. The summed E-state index contributed by atoms with van der Waals surface area (Å²) >= 11 is 0. The Labute approximate surface area is 129 Å². The zero-order valence-electron chi connectivity index (χ0n) is 12.1. The molecule has 5 heteroatoms. The van der Waals surface area contributed by atoms with Crippen molar-refractivity contribution < 1.29 is 13.2 Å². The molecule has 1 aliphatic rings. The molecular weight excluding hydrogens is 298 g/mol. The number of aryl methyl sites for hydroxylation is 1. The third-order valence-electron chi connectivity index (χ3n) is 3.57. The molecule has 0 atom stereocenters. The first kappa shape index (κ1) is 14.5. The fourth-order valence-corrected chi connectivity index (χ4v) is 3.88. The average Bonchev–Trinajstić information content (AvgIpc) is 2.73. The van der Waals surface area contributed by atoms with Crippen molar-refractivity contribution in [3.63, 3.8) is 0 Å². The molecule has 2 aromatic rings. The molecule has 0 fully saturated rings. The second kappa shape index (κ2) is 5.42. The molecule has 0 aliphatic carbocycles. The van der Waals surface area contributed by atoms with E-state index in [0.29, 0.717) is 5.56 Å². The van der Waals surface area contributed by atoms with Crippen molar-refractivity contribution in [2.24, 2.45) is 0 Å². The summed E-state index contributed by atoms with van der Waals surface area (Å²) in [5, 5.41) is 0. The number of hydrogen-bond donors (Lipinski definition) is 0. The fourth-order valence-electron chi connectivity index (χ4n) is 2.35. The highest BCUT2D eigenvalue weighted by Crippen LogP contribution is 2.31. The Balaban J connectivity index is 1.93. The highest BCUT2D eigenvalue weighted by Gasteiger charge is 2.37. The van der Waals surface area contributed by atoms with Gasteiger partial charge in [0.05, 0.1) is 6.54 Å². The molecule has 1 amide bonds. The highest BCUT2D eigenvalue weighted by atomic mass is 32.2. The lowest BCUT2D eigenvalue weighted by atomic mass is 10.1. The minimum Gasteiger partial charge on any atom is -0.269 e. The second-order valence-electron chi connectivity index (χ2n) is 5.21. The van der Waals surface area contributed by atoms with Crippen molar-refractivity contribution in [1.82, 2.24) is 4.31 Å². The lowest BCUT2D eigenvalue weighted by Gasteiger charge is -2.17. The summed E-state index contributed by atoms with van der Waals surface area (Å²) in [6.45, 7) is 2.00. The first-order valence-corrected chi connectivity index (χ1v) is 8.32. The topological polar surface area (TPSA) is 54.5 Å². The quantitative estimate of drug-likeness (QED) is 0.875. The van der Waals surface area contributed by atoms with E-state index in [2.05, 4.69) is 0 Å². The van der Waals surface area contributed by atoms with E-state index in [9.17, 15) is 13.2 Å². The van der Waals surface area contributed by atoms with Crippen molar-refractivity contribution in [1.29, 1.82) is 0 Å². The molecule has 1 heterocycles. The van der Waals surface area contributed by atoms with Crippen LogP contribution in [-0.2, 0) is 21.4 Å². The molecule has 2 aromatic carbocycles. The molecule has 22 heavy (non-hydrogen) atoms. The van der Waals surface area contributed by atoms with E-state index in [1.807, 2.05) is 31.2 Å². The molecule has 0 saturated heterocycles. The summed E-state index contributed by atoms with van der Waals surface area (Å²) in [6.07, 6.45) is 1.19. The van der Waals surface area contributed by atoms with Crippen LogP contribution in [0.15, 0.2) is 60.7 Å². The summed E-state index contributed by atoms with van der Waals surface area (Å²) in [7, 11) is -3.79. The number of benzene rings is 2. The Morgan fingerprint density at radius 2 is 1.59 bits per heavy atom. The molecule has 0 N–H and O–H groups in total. The van der Waals surface area contributed by atoms with Gasteiger partial charge in [0.1, 0.15) is 4.91 Å². The van der Waals surface area contributed by atoms with Crippen molar-refractivity contribution in [3.05, 3.63) is 77.4 Å². The van der Waals surface area contributed by atoms with E-state index in [1.54, 1.807) is 30.3 Å². The smallest absolute Gasteiger partial charge is 0.267 e. The van der Waals surface area contributed by atoms with Crippen LogP contribution in [-0.4, -0.2) is 18.6 Å². The van der Waals surface area contributed by atoms with Crippen molar-refractivity contribution >= 4 is 20.8 Å². The molecule has 0 radical (unpaired) electrons. The van der Waals surface area contributed by atoms with Crippen molar-refractivity contribution in [3.8, 4) is 0 Å². The number of nitrogens with zero attached hydrogens (tertiary/aromatic N) is 1. The maximum absolute atomic E-state index is 12.6. The van der Waals surface area contributed by atoms with E-state index >= 15 is 0 Å². The molecule has 0 aromatic heterocycles. The minimum atomic E-state index is -3.79. The Hall–Kier alpha value is -2.40. The third-order valence-corrected chi connectivity index (χ3v) is 5.37. The Kier molecular flexibility index (Phi) is 3.58. The minimum absolute atomic E-state index is 0.0499. The molecule has 3 rings (SSSR count). The largest absolute Gasteiger partial charge is 0.269 e. The predicted molar refractivity (Wildman–Crippen MR) is 85.1 cm³/mol. The number of amides is 1. The zero-order valence-corrected chi connectivity index (χ0v) is 12.9. The van der Waals surface area contributed by atoms with Gasteiger partial charge in [0, 0.05) is 6.08 Å². The molecule has 1 aliphatic heterocycles. The SMILES string of the molecule is Cc1ccc(CN2C(=O)C=C(c3ccccc3)S2(=O)=O)cc1. The molecule has 0 bridgehead atoms. The zero-order chi connectivity index (χ0) is 15.7.